The molecule has 9 heteroatoms. The van der Waals surface area contributed by atoms with Crippen molar-refractivity contribution in [1.29, 1.82) is 0 Å². The topological polar surface area (TPSA) is 113 Å². The molecular formula is C20H18N6O2S. The average Bonchev–Trinajstić information content (AvgIpc) is 3.35. The molecule has 3 heterocycles. The van der Waals surface area contributed by atoms with Crippen molar-refractivity contribution >= 4 is 39.2 Å². The first kappa shape index (κ1) is 18.8. The molecule has 8 nitrogen and oxygen atoms in total. The van der Waals surface area contributed by atoms with Gasteiger partial charge in [-0.3, -0.25) is 19.9 Å². The van der Waals surface area contributed by atoms with E-state index >= 15 is 0 Å². The summed E-state index contributed by atoms with van der Waals surface area (Å²) in [6.07, 6.45) is 3.88. The molecule has 4 aromatic rings. The van der Waals surface area contributed by atoms with Crippen molar-refractivity contribution in [2.24, 2.45) is 0 Å². The highest BCUT2D eigenvalue weighted by atomic mass is 32.1. The predicted octanol–water partition coefficient (Wildman–Crippen LogP) is 2.77. The molecule has 2 amide bonds. The predicted molar refractivity (Wildman–Crippen MR) is 111 cm³/mol. The zero-order valence-corrected chi connectivity index (χ0v) is 16.4. The lowest BCUT2D eigenvalue weighted by Crippen LogP contribution is -2.44. The SMILES string of the molecule is CC(=O)NC(Cc1c[nH]c2ccccc12)C(=O)Nc1nnc(-c2ccccn2)s1. The third kappa shape index (κ3) is 4.30. The number of H-pyrrole nitrogens is 1. The minimum absolute atomic E-state index is 0.281. The zero-order valence-electron chi connectivity index (χ0n) is 15.5. The van der Waals surface area contributed by atoms with Gasteiger partial charge in [-0.2, -0.15) is 0 Å². The molecule has 0 aliphatic heterocycles. The number of nitrogens with one attached hydrogen (secondary N) is 3. The van der Waals surface area contributed by atoms with Gasteiger partial charge in [0.1, 0.15) is 11.7 Å². The molecule has 29 heavy (non-hydrogen) atoms. The van der Waals surface area contributed by atoms with Gasteiger partial charge in [0.2, 0.25) is 16.9 Å². The van der Waals surface area contributed by atoms with Crippen molar-refractivity contribution in [1.82, 2.24) is 25.5 Å². The molecule has 0 saturated heterocycles. The Labute approximate surface area is 170 Å². The molecule has 0 fully saturated rings. The lowest BCUT2D eigenvalue weighted by atomic mass is 10.0. The Hall–Kier alpha value is -3.59. The van der Waals surface area contributed by atoms with Gasteiger partial charge in [-0.05, 0) is 23.8 Å². The highest BCUT2D eigenvalue weighted by Gasteiger charge is 2.23. The van der Waals surface area contributed by atoms with E-state index in [1.807, 2.05) is 48.7 Å². The van der Waals surface area contributed by atoms with Crippen molar-refractivity contribution in [3.8, 4) is 10.7 Å². The number of fused-ring (bicyclic) bond motifs is 1. The summed E-state index contributed by atoms with van der Waals surface area (Å²) in [5.74, 6) is -0.634. The number of pyridine rings is 1. The summed E-state index contributed by atoms with van der Waals surface area (Å²) in [5.41, 5.74) is 2.61. The molecule has 1 atom stereocenters. The molecule has 0 saturated carbocycles. The standard InChI is InChI=1S/C20H18N6O2S/c1-12(27)23-17(10-13-11-22-15-7-3-2-6-14(13)15)18(28)24-20-26-25-19(29-20)16-8-4-5-9-21-16/h2-9,11,17,22H,10H2,1H3,(H,23,27)(H,24,26,28). The molecule has 0 bridgehead atoms. The monoisotopic (exact) mass is 406 g/mol. The summed E-state index contributed by atoms with van der Waals surface area (Å²) < 4.78 is 0. The van der Waals surface area contributed by atoms with E-state index in [4.69, 9.17) is 0 Å². The van der Waals surface area contributed by atoms with Crippen molar-refractivity contribution in [3.05, 3.63) is 60.4 Å². The summed E-state index contributed by atoms with van der Waals surface area (Å²) >= 11 is 1.23. The van der Waals surface area contributed by atoms with Crippen LogP contribution in [-0.4, -0.2) is 38.0 Å². The van der Waals surface area contributed by atoms with Gasteiger partial charge < -0.3 is 10.3 Å². The van der Waals surface area contributed by atoms with Crippen LogP contribution in [0.3, 0.4) is 0 Å². The smallest absolute Gasteiger partial charge is 0.249 e. The molecule has 3 N–H and O–H groups in total. The number of anilines is 1. The summed E-state index contributed by atoms with van der Waals surface area (Å²) in [7, 11) is 0. The zero-order chi connectivity index (χ0) is 20.2. The number of aromatic nitrogens is 4. The molecule has 1 unspecified atom stereocenters. The molecule has 0 aliphatic carbocycles. The van der Waals surface area contributed by atoms with Crippen LogP contribution in [0.4, 0.5) is 5.13 Å². The Kier molecular flexibility index (Phi) is 5.30. The molecule has 4 rings (SSSR count). The van der Waals surface area contributed by atoms with Crippen LogP contribution in [0.25, 0.3) is 21.6 Å². The van der Waals surface area contributed by atoms with Crippen molar-refractivity contribution < 1.29 is 9.59 Å². The van der Waals surface area contributed by atoms with E-state index in [0.717, 1.165) is 16.5 Å². The van der Waals surface area contributed by atoms with E-state index in [2.05, 4.69) is 30.8 Å². The Morgan fingerprint density at radius 1 is 1.14 bits per heavy atom. The Morgan fingerprint density at radius 2 is 1.97 bits per heavy atom. The van der Waals surface area contributed by atoms with Crippen LogP contribution >= 0.6 is 11.3 Å². The fourth-order valence-electron chi connectivity index (χ4n) is 3.03. The number of hydrogen-bond acceptors (Lipinski definition) is 6. The van der Waals surface area contributed by atoms with Gasteiger partial charge in [0.25, 0.3) is 0 Å². The van der Waals surface area contributed by atoms with Gasteiger partial charge in [0.15, 0.2) is 5.01 Å². The van der Waals surface area contributed by atoms with Crippen LogP contribution in [0.15, 0.2) is 54.9 Å². The Morgan fingerprint density at radius 3 is 2.76 bits per heavy atom. The molecule has 0 radical (unpaired) electrons. The van der Waals surface area contributed by atoms with Gasteiger partial charge in [-0.1, -0.05) is 35.6 Å². The summed E-state index contributed by atoms with van der Waals surface area (Å²) in [5, 5.41) is 15.5. The number of nitrogens with zero attached hydrogens (tertiary/aromatic N) is 3. The Bertz CT molecular complexity index is 1150. The number of benzene rings is 1. The first-order chi connectivity index (χ1) is 14.1. The van der Waals surface area contributed by atoms with Crippen LogP contribution in [0.2, 0.25) is 0 Å². The number of para-hydroxylation sites is 1. The number of carbonyl (C=O) groups is 2. The number of amides is 2. The van der Waals surface area contributed by atoms with Gasteiger partial charge in [0, 0.05) is 36.6 Å². The maximum absolute atomic E-state index is 12.8. The lowest BCUT2D eigenvalue weighted by Gasteiger charge is -2.16. The summed E-state index contributed by atoms with van der Waals surface area (Å²) in [6, 6.07) is 12.6. The second-order valence-electron chi connectivity index (χ2n) is 6.43. The van der Waals surface area contributed by atoms with E-state index in [-0.39, 0.29) is 11.8 Å². The first-order valence-electron chi connectivity index (χ1n) is 8.98. The van der Waals surface area contributed by atoms with E-state index in [1.54, 1.807) is 6.20 Å². The fourth-order valence-corrected chi connectivity index (χ4v) is 3.76. The van der Waals surface area contributed by atoms with Crippen LogP contribution in [0, 0.1) is 0 Å². The van der Waals surface area contributed by atoms with Crippen LogP contribution in [0.1, 0.15) is 12.5 Å². The highest BCUT2D eigenvalue weighted by Crippen LogP contribution is 2.25. The molecule has 0 spiro atoms. The summed E-state index contributed by atoms with van der Waals surface area (Å²) in [6.45, 7) is 1.39. The highest BCUT2D eigenvalue weighted by molar-refractivity contribution is 7.18. The van der Waals surface area contributed by atoms with E-state index in [0.29, 0.717) is 22.3 Å². The fraction of sp³-hybridized carbons (Fsp3) is 0.150. The second-order valence-corrected chi connectivity index (χ2v) is 7.41. The van der Waals surface area contributed by atoms with E-state index in [1.165, 1.54) is 18.3 Å². The minimum atomic E-state index is -0.742. The number of carbonyl (C=O) groups excluding carboxylic acids is 2. The third-order valence-corrected chi connectivity index (χ3v) is 5.19. The van der Waals surface area contributed by atoms with Gasteiger partial charge in [-0.25, -0.2) is 0 Å². The third-order valence-electron chi connectivity index (χ3n) is 4.33. The molecular weight excluding hydrogens is 388 g/mol. The molecule has 0 aliphatic rings. The molecule has 1 aromatic carbocycles. The molecule has 146 valence electrons. The van der Waals surface area contributed by atoms with E-state index < -0.39 is 6.04 Å². The van der Waals surface area contributed by atoms with Crippen LogP contribution < -0.4 is 10.6 Å². The van der Waals surface area contributed by atoms with Gasteiger partial charge in [-0.15, -0.1) is 10.2 Å². The normalized spacial score (nSPS) is 11.9. The van der Waals surface area contributed by atoms with Crippen LogP contribution in [0.5, 0.6) is 0 Å². The average molecular weight is 406 g/mol. The molecule has 3 aromatic heterocycles. The van der Waals surface area contributed by atoms with Crippen molar-refractivity contribution in [2.45, 2.75) is 19.4 Å². The first-order valence-corrected chi connectivity index (χ1v) is 9.79. The van der Waals surface area contributed by atoms with Crippen molar-refractivity contribution in [2.75, 3.05) is 5.32 Å². The second kappa shape index (κ2) is 8.19. The number of aromatic amines is 1. The van der Waals surface area contributed by atoms with Crippen molar-refractivity contribution in [3.63, 3.8) is 0 Å². The maximum atomic E-state index is 12.8. The minimum Gasteiger partial charge on any atom is -0.361 e. The van der Waals surface area contributed by atoms with Gasteiger partial charge in [0.05, 0.1) is 0 Å². The van der Waals surface area contributed by atoms with E-state index in [9.17, 15) is 9.59 Å². The Balaban J connectivity index is 1.52. The lowest BCUT2D eigenvalue weighted by molar-refractivity contribution is -0.125. The summed E-state index contributed by atoms with van der Waals surface area (Å²) in [4.78, 5) is 31.9. The number of hydrogen-bond donors (Lipinski definition) is 3. The van der Waals surface area contributed by atoms with Gasteiger partial charge >= 0.3 is 0 Å². The number of rotatable bonds is 6. The van der Waals surface area contributed by atoms with Crippen LogP contribution in [-0.2, 0) is 16.0 Å². The largest absolute Gasteiger partial charge is 0.361 e. The quantitative estimate of drug-likeness (QED) is 0.456. The maximum Gasteiger partial charge on any atom is 0.249 e.